The van der Waals surface area contributed by atoms with Crippen LogP contribution in [-0.4, -0.2) is 17.0 Å². The number of nitrogens with one attached hydrogen (secondary N) is 1. The number of hydrogen-bond donors (Lipinski definition) is 3. The van der Waals surface area contributed by atoms with Gasteiger partial charge in [-0.3, -0.25) is 4.79 Å². The van der Waals surface area contributed by atoms with Gasteiger partial charge in [0.25, 0.3) is 5.91 Å². The standard InChI is InChI=1S/C14H10BrFN2O3/c15-10-5-7(1-3-11(10)16)13(19)18-12-4-2-8(17)6-9(12)14(20)21/h1-6H,17H2,(H,18,19)(H,20,21). The van der Waals surface area contributed by atoms with Crippen molar-refractivity contribution >= 4 is 39.2 Å². The molecule has 0 unspecified atom stereocenters. The van der Waals surface area contributed by atoms with E-state index in [9.17, 15) is 14.0 Å². The maximum Gasteiger partial charge on any atom is 0.337 e. The van der Waals surface area contributed by atoms with E-state index in [1.54, 1.807) is 0 Å². The molecule has 2 aromatic carbocycles. The van der Waals surface area contributed by atoms with Crippen molar-refractivity contribution < 1.29 is 19.1 Å². The van der Waals surface area contributed by atoms with Gasteiger partial charge in [-0.05, 0) is 52.3 Å². The molecule has 21 heavy (non-hydrogen) atoms. The van der Waals surface area contributed by atoms with Crippen LogP contribution in [0.2, 0.25) is 0 Å². The van der Waals surface area contributed by atoms with E-state index in [0.717, 1.165) is 6.07 Å². The summed E-state index contributed by atoms with van der Waals surface area (Å²) in [5.41, 5.74) is 5.98. The van der Waals surface area contributed by atoms with Gasteiger partial charge in [-0.2, -0.15) is 0 Å². The maximum absolute atomic E-state index is 13.1. The number of hydrogen-bond acceptors (Lipinski definition) is 3. The average molecular weight is 353 g/mol. The van der Waals surface area contributed by atoms with Crippen LogP contribution < -0.4 is 11.1 Å². The van der Waals surface area contributed by atoms with E-state index in [1.807, 2.05) is 0 Å². The molecule has 5 nitrogen and oxygen atoms in total. The van der Waals surface area contributed by atoms with E-state index in [2.05, 4.69) is 21.2 Å². The molecule has 108 valence electrons. The molecular formula is C14H10BrFN2O3. The molecule has 7 heteroatoms. The molecule has 0 aliphatic rings. The van der Waals surface area contributed by atoms with Gasteiger partial charge in [0.1, 0.15) is 5.82 Å². The number of carbonyl (C=O) groups excluding carboxylic acids is 1. The van der Waals surface area contributed by atoms with Gasteiger partial charge in [0, 0.05) is 11.3 Å². The Morgan fingerprint density at radius 1 is 1.19 bits per heavy atom. The summed E-state index contributed by atoms with van der Waals surface area (Å²) >= 11 is 2.98. The largest absolute Gasteiger partial charge is 0.478 e. The minimum atomic E-state index is -1.21. The van der Waals surface area contributed by atoms with E-state index >= 15 is 0 Å². The Morgan fingerprint density at radius 3 is 2.52 bits per heavy atom. The first kappa shape index (κ1) is 15.0. The summed E-state index contributed by atoms with van der Waals surface area (Å²) in [5.74, 6) is -2.26. The Balaban J connectivity index is 2.31. The number of carboxylic acids is 1. The van der Waals surface area contributed by atoms with Crippen molar-refractivity contribution in [3.05, 3.63) is 57.8 Å². The number of halogens is 2. The van der Waals surface area contributed by atoms with Crippen molar-refractivity contribution in [3.8, 4) is 0 Å². The molecule has 0 radical (unpaired) electrons. The highest BCUT2D eigenvalue weighted by atomic mass is 79.9. The summed E-state index contributed by atoms with van der Waals surface area (Å²) in [7, 11) is 0. The van der Waals surface area contributed by atoms with Crippen LogP contribution in [-0.2, 0) is 0 Å². The van der Waals surface area contributed by atoms with Gasteiger partial charge >= 0.3 is 5.97 Å². The van der Waals surface area contributed by atoms with E-state index in [1.165, 1.54) is 30.3 Å². The molecule has 4 N–H and O–H groups in total. The van der Waals surface area contributed by atoms with Crippen molar-refractivity contribution in [2.45, 2.75) is 0 Å². The van der Waals surface area contributed by atoms with Gasteiger partial charge in [-0.1, -0.05) is 0 Å². The number of nitrogens with two attached hydrogens (primary N) is 1. The van der Waals surface area contributed by atoms with Crippen molar-refractivity contribution in [2.24, 2.45) is 0 Å². The molecule has 0 spiro atoms. The predicted octanol–water partition coefficient (Wildman–Crippen LogP) is 3.12. The molecule has 0 atom stereocenters. The fraction of sp³-hybridized carbons (Fsp3) is 0. The third kappa shape index (κ3) is 3.38. The summed E-state index contributed by atoms with van der Waals surface area (Å²) in [6.45, 7) is 0. The molecule has 0 heterocycles. The van der Waals surface area contributed by atoms with Crippen LogP contribution in [0.4, 0.5) is 15.8 Å². The third-order valence-electron chi connectivity index (χ3n) is 2.70. The minimum absolute atomic E-state index is 0.113. The monoisotopic (exact) mass is 352 g/mol. The molecule has 1 amide bonds. The highest BCUT2D eigenvalue weighted by molar-refractivity contribution is 9.10. The molecule has 0 aliphatic heterocycles. The zero-order valence-electron chi connectivity index (χ0n) is 10.6. The van der Waals surface area contributed by atoms with Gasteiger partial charge in [0.2, 0.25) is 0 Å². The fourth-order valence-corrected chi connectivity index (χ4v) is 2.06. The maximum atomic E-state index is 13.1. The number of carboxylic acid groups (broad SMARTS) is 1. The Morgan fingerprint density at radius 2 is 1.90 bits per heavy atom. The molecular weight excluding hydrogens is 343 g/mol. The average Bonchev–Trinajstić information content (AvgIpc) is 2.43. The molecule has 0 aliphatic carbocycles. The van der Waals surface area contributed by atoms with Crippen molar-refractivity contribution in [1.82, 2.24) is 0 Å². The number of benzene rings is 2. The first-order valence-corrected chi connectivity index (χ1v) is 6.57. The van der Waals surface area contributed by atoms with E-state index in [4.69, 9.17) is 10.8 Å². The second-order valence-electron chi connectivity index (χ2n) is 4.19. The molecule has 2 rings (SSSR count). The van der Waals surface area contributed by atoms with Crippen LogP contribution in [0.1, 0.15) is 20.7 Å². The number of carbonyl (C=O) groups is 2. The normalized spacial score (nSPS) is 10.2. The SMILES string of the molecule is Nc1ccc(NC(=O)c2ccc(F)c(Br)c2)c(C(=O)O)c1. The smallest absolute Gasteiger partial charge is 0.337 e. The summed E-state index contributed by atoms with van der Waals surface area (Å²) in [5, 5.41) is 11.6. The number of amides is 1. The quantitative estimate of drug-likeness (QED) is 0.740. The number of aromatic carboxylic acids is 1. The van der Waals surface area contributed by atoms with Gasteiger partial charge in [0.05, 0.1) is 15.7 Å². The second-order valence-corrected chi connectivity index (χ2v) is 5.05. The zero-order valence-corrected chi connectivity index (χ0v) is 12.1. The first-order valence-electron chi connectivity index (χ1n) is 5.77. The molecule has 0 fully saturated rings. The highest BCUT2D eigenvalue weighted by Gasteiger charge is 2.14. The topological polar surface area (TPSA) is 92.4 Å². The summed E-state index contributed by atoms with van der Waals surface area (Å²) in [6, 6.07) is 7.87. The van der Waals surface area contributed by atoms with E-state index in [-0.39, 0.29) is 27.0 Å². The lowest BCUT2D eigenvalue weighted by Gasteiger charge is -2.09. The number of rotatable bonds is 3. The molecule has 0 bridgehead atoms. The summed E-state index contributed by atoms with van der Waals surface area (Å²) in [4.78, 5) is 23.2. The van der Waals surface area contributed by atoms with E-state index in [0.29, 0.717) is 0 Å². The fourth-order valence-electron chi connectivity index (χ4n) is 1.68. The van der Waals surface area contributed by atoms with Crippen molar-refractivity contribution in [2.75, 3.05) is 11.1 Å². The highest BCUT2D eigenvalue weighted by Crippen LogP contribution is 2.21. The number of anilines is 2. The van der Waals surface area contributed by atoms with Crippen molar-refractivity contribution in [1.29, 1.82) is 0 Å². The van der Waals surface area contributed by atoms with Gasteiger partial charge in [0.15, 0.2) is 0 Å². The second kappa shape index (κ2) is 5.92. The molecule has 0 saturated heterocycles. The molecule has 2 aromatic rings. The van der Waals surface area contributed by atoms with Crippen molar-refractivity contribution in [3.63, 3.8) is 0 Å². The Labute approximate surface area is 127 Å². The van der Waals surface area contributed by atoms with Gasteiger partial charge < -0.3 is 16.2 Å². The first-order chi connectivity index (χ1) is 9.88. The van der Waals surface area contributed by atoms with E-state index < -0.39 is 17.7 Å². The van der Waals surface area contributed by atoms with Crippen LogP contribution in [0.3, 0.4) is 0 Å². The van der Waals surface area contributed by atoms with Gasteiger partial charge in [-0.15, -0.1) is 0 Å². The summed E-state index contributed by atoms with van der Waals surface area (Å²) < 4.78 is 13.3. The van der Waals surface area contributed by atoms with Crippen LogP contribution in [0.15, 0.2) is 40.9 Å². The molecule has 0 aromatic heterocycles. The Kier molecular flexibility index (Phi) is 4.23. The summed E-state index contributed by atoms with van der Waals surface area (Å²) in [6.07, 6.45) is 0. The zero-order chi connectivity index (χ0) is 15.6. The lowest BCUT2D eigenvalue weighted by molar-refractivity contribution is 0.0698. The van der Waals surface area contributed by atoms with Gasteiger partial charge in [-0.25, -0.2) is 9.18 Å². The molecule has 0 saturated carbocycles. The Hall–Kier alpha value is -2.41. The third-order valence-corrected chi connectivity index (χ3v) is 3.31. The lowest BCUT2D eigenvalue weighted by atomic mass is 10.1. The van der Waals surface area contributed by atoms with Crippen LogP contribution in [0.5, 0.6) is 0 Å². The predicted molar refractivity (Wildman–Crippen MR) is 79.9 cm³/mol. The number of nitrogen functional groups attached to an aromatic ring is 1. The van der Waals surface area contributed by atoms with Crippen LogP contribution in [0.25, 0.3) is 0 Å². The minimum Gasteiger partial charge on any atom is -0.478 e. The lowest BCUT2D eigenvalue weighted by Crippen LogP contribution is -2.15. The van der Waals surface area contributed by atoms with Crippen LogP contribution >= 0.6 is 15.9 Å². The Bertz CT molecular complexity index is 734. The van der Waals surface area contributed by atoms with Crippen LogP contribution in [0, 0.1) is 5.82 Å².